The number of nitrogens with zero attached hydrogens (tertiary/aromatic N) is 1. The maximum atomic E-state index is 13.2. The molecule has 128 valence electrons. The van der Waals surface area contributed by atoms with Crippen molar-refractivity contribution in [2.75, 3.05) is 32.8 Å². The Kier molecular flexibility index (Phi) is 6.33. The van der Waals surface area contributed by atoms with Gasteiger partial charge in [-0.05, 0) is 37.0 Å². The largest absolute Gasteiger partial charge is 0.381 e. The van der Waals surface area contributed by atoms with E-state index in [1.165, 1.54) is 6.07 Å². The molecule has 0 saturated carbocycles. The Morgan fingerprint density at radius 3 is 2.91 bits per heavy atom. The molecule has 0 spiro atoms. The van der Waals surface area contributed by atoms with E-state index < -0.39 is 11.6 Å². The number of likely N-dealkylation sites (tertiary alicyclic amines) is 1. The third-order valence-electron chi connectivity index (χ3n) is 4.20. The van der Waals surface area contributed by atoms with Crippen LogP contribution >= 0.6 is 0 Å². The van der Waals surface area contributed by atoms with Gasteiger partial charge in [0.25, 0.3) is 0 Å². The van der Waals surface area contributed by atoms with Crippen molar-refractivity contribution in [3.05, 3.63) is 35.4 Å². The first kappa shape index (κ1) is 17.7. The summed E-state index contributed by atoms with van der Waals surface area (Å²) in [5, 5.41) is 2.86. The molecule has 1 aliphatic heterocycles. The Hall–Kier alpha value is -1.69. The number of nitrogens with one attached hydrogen (secondary N) is 1. The van der Waals surface area contributed by atoms with Crippen LogP contribution in [-0.2, 0) is 4.74 Å². The van der Waals surface area contributed by atoms with Crippen molar-refractivity contribution in [1.29, 1.82) is 0 Å². The topological polar surface area (TPSA) is 41.6 Å². The second-order valence-electron chi connectivity index (χ2n) is 6.02. The fourth-order valence-corrected chi connectivity index (χ4v) is 2.73. The van der Waals surface area contributed by atoms with Crippen molar-refractivity contribution in [1.82, 2.24) is 10.2 Å². The third kappa shape index (κ3) is 4.89. The van der Waals surface area contributed by atoms with Crippen molar-refractivity contribution < 1.29 is 18.3 Å². The SMILES string of the molecule is CCOC[C@@H]1CCN(C(=O)NC[C@@H](C)c2ccc(F)c(F)c2)C1. The molecule has 2 atom stereocenters. The average Bonchev–Trinajstić information content (AvgIpc) is 3.01. The van der Waals surface area contributed by atoms with Gasteiger partial charge >= 0.3 is 6.03 Å². The number of ether oxygens (including phenoxy) is 1. The summed E-state index contributed by atoms with van der Waals surface area (Å²) < 4.78 is 31.6. The molecule has 0 aromatic heterocycles. The highest BCUT2D eigenvalue weighted by molar-refractivity contribution is 5.74. The molecule has 1 aromatic carbocycles. The van der Waals surface area contributed by atoms with Gasteiger partial charge in [0, 0.05) is 32.2 Å². The van der Waals surface area contributed by atoms with Crippen molar-refractivity contribution in [3.63, 3.8) is 0 Å². The van der Waals surface area contributed by atoms with Gasteiger partial charge < -0.3 is 15.0 Å². The Labute approximate surface area is 135 Å². The van der Waals surface area contributed by atoms with Crippen molar-refractivity contribution in [3.8, 4) is 0 Å². The predicted molar refractivity (Wildman–Crippen MR) is 84.3 cm³/mol. The predicted octanol–water partition coefficient (Wildman–Crippen LogP) is 3.14. The molecule has 0 bridgehead atoms. The molecule has 0 unspecified atom stereocenters. The van der Waals surface area contributed by atoms with Gasteiger partial charge in [0.1, 0.15) is 0 Å². The highest BCUT2D eigenvalue weighted by Crippen LogP contribution is 2.19. The lowest BCUT2D eigenvalue weighted by atomic mass is 10.0. The van der Waals surface area contributed by atoms with E-state index in [4.69, 9.17) is 4.74 Å². The summed E-state index contributed by atoms with van der Waals surface area (Å²) in [6.45, 7) is 7.01. The highest BCUT2D eigenvalue weighted by Gasteiger charge is 2.26. The molecule has 2 rings (SSSR count). The summed E-state index contributed by atoms with van der Waals surface area (Å²) in [6.07, 6.45) is 0.951. The zero-order valence-corrected chi connectivity index (χ0v) is 13.6. The van der Waals surface area contributed by atoms with Crippen LogP contribution in [0.1, 0.15) is 31.7 Å². The summed E-state index contributed by atoms with van der Waals surface area (Å²) in [5.74, 6) is -1.42. The lowest BCUT2D eigenvalue weighted by molar-refractivity contribution is 0.113. The number of urea groups is 1. The van der Waals surface area contributed by atoms with Crippen LogP contribution in [0.4, 0.5) is 13.6 Å². The van der Waals surface area contributed by atoms with Gasteiger partial charge in [0.2, 0.25) is 0 Å². The van der Waals surface area contributed by atoms with Crippen molar-refractivity contribution in [2.45, 2.75) is 26.2 Å². The number of hydrogen-bond acceptors (Lipinski definition) is 2. The fraction of sp³-hybridized carbons (Fsp3) is 0.588. The van der Waals surface area contributed by atoms with E-state index in [9.17, 15) is 13.6 Å². The number of halogens is 2. The van der Waals surface area contributed by atoms with Gasteiger partial charge in [0.05, 0.1) is 6.61 Å². The monoisotopic (exact) mass is 326 g/mol. The molecule has 0 aliphatic carbocycles. The molecular formula is C17H24F2N2O2. The first-order valence-electron chi connectivity index (χ1n) is 8.06. The van der Waals surface area contributed by atoms with Gasteiger partial charge in [-0.15, -0.1) is 0 Å². The first-order valence-corrected chi connectivity index (χ1v) is 8.06. The van der Waals surface area contributed by atoms with E-state index in [0.717, 1.165) is 19.0 Å². The number of carbonyl (C=O) groups is 1. The third-order valence-corrected chi connectivity index (χ3v) is 4.20. The zero-order chi connectivity index (χ0) is 16.8. The Balaban J connectivity index is 1.79. The van der Waals surface area contributed by atoms with Crippen molar-refractivity contribution >= 4 is 6.03 Å². The van der Waals surface area contributed by atoms with Crippen LogP contribution in [0, 0.1) is 17.6 Å². The molecule has 1 heterocycles. The summed E-state index contributed by atoms with van der Waals surface area (Å²) in [7, 11) is 0. The Bertz CT molecular complexity index is 539. The number of carbonyl (C=O) groups excluding carboxylic acids is 1. The summed E-state index contributed by atoms with van der Waals surface area (Å²) in [5.41, 5.74) is 0.667. The molecule has 1 aliphatic rings. The van der Waals surface area contributed by atoms with Gasteiger partial charge in [0.15, 0.2) is 11.6 Å². The second kappa shape index (κ2) is 8.24. The highest BCUT2D eigenvalue weighted by atomic mass is 19.2. The summed E-state index contributed by atoms with van der Waals surface area (Å²) in [6, 6.07) is 3.73. The van der Waals surface area contributed by atoms with E-state index in [1.54, 1.807) is 11.0 Å². The van der Waals surface area contributed by atoms with Crippen LogP contribution in [0.3, 0.4) is 0 Å². The maximum absolute atomic E-state index is 13.2. The van der Waals surface area contributed by atoms with E-state index in [2.05, 4.69) is 5.32 Å². The number of rotatable bonds is 6. The molecular weight excluding hydrogens is 302 g/mol. The van der Waals surface area contributed by atoms with Crippen LogP contribution in [0.2, 0.25) is 0 Å². The van der Waals surface area contributed by atoms with E-state index in [1.807, 2.05) is 13.8 Å². The van der Waals surface area contributed by atoms with Crippen LogP contribution in [0.15, 0.2) is 18.2 Å². The molecule has 23 heavy (non-hydrogen) atoms. The van der Waals surface area contributed by atoms with Crippen LogP contribution in [-0.4, -0.2) is 43.8 Å². The lowest BCUT2D eigenvalue weighted by Gasteiger charge is -2.19. The Morgan fingerprint density at radius 1 is 1.43 bits per heavy atom. The molecule has 1 saturated heterocycles. The number of benzene rings is 1. The molecule has 0 radical (unpaired) electrons. The standard InChI is InChI=1S/C17H24F2N2O2/c1-3-23-11-13-6-7-21(10-13)17(22)20-9-12(2)14-4-5-15(18)16(19)8-14/h4-5,8,12-13H,3,6-7,9-11H2,1-2H3,(H,20,22)/t12-,13-/m1/s1. The molecule has 1 fully saturated rings. The van der Waals surface area contributed by atoms with Gasteiger partial charge in [-0.3, -0.25) is 0 Å². The molecule has 1 N–H and O–H groups in total. The minimum atomic E-state index is -0.862. The molecule has 4 nitrogen and oxygen atoms in total. The van der Waals surface area contributed by atoms with Crippen molar-refractivity contribution in [2.24, 2.45) is 5.92 Å². The smallest absolute Gasteiger partial charge is 0.317 e. The maximum Gasteiger partial charge on any atom is 0.317 e. The van der Waals surface area contributed by atoms with Gasteiger partial charge in [-0.1, -0.05) is 13.0 Å². The van der Waals surface area contributed by atoms with E-state index in [0.29, 0.717) is 37.8 Å². The summed E-state index contributed by atoms with van der Waals surface area (Å²) in [4.78, 5) is 13.9. The van der Waals surface area contributed by atoms with Crippen LogP contribution < -0.4 is 5.32 Å². The molecule has 2 amide bonds. The zero-order valence-electron chi connectivity index (χ0n) is 13.6. The van der Waals surface area contributed by atoms with E-state index >= 15 is 0 Å². The number of amides is 2. The fourth-order valence-electron chi connectivity index (χ4n) is 2.73. The summed E-state index contributed by atoms with van der Waals surface area (Å²) >= 11 is 0. The second-order valence-corrected chi connectivity index (χ2v) is 6.02. The van der Waals surface area contributed by atoms with Crippen LogP contribution in [0.25, 0.3) is 0 Å². The van der Waals surface area contributed by atoms with Crippen LogP contribution in [0.5, 0.6) is 0 Å². The molecule has 6 heteroatoms. The van der Waals surface area contributed by atoms with Gasteiger partial charge in [-0.25, -0.2) is 13.6 Å². The molecule has 1 aromatic rings. The quantitative estimate of drug-likeness (QED) is 0.872. The Morgan fingerprint density at radius 2 is 2.22 bits per heavy atom. The minimum Gasteiger partial charge on any atom is -0.381 e. The average molecular weight is 326 g/mol. The normalized spacial score (nSPS) is 19.0. The van der Waals surface area contributed by atoms with E-state index in [-0.39, 0.29) is 11.9 Å². The lowest BCUT2D eigenvalue weighted by Crippen LogP contribution is -2.40. The minimum absolute atomic E-state index is 0.0872. The number of hydrogen-bond donors (Lipinski definition) is 1. The first-order chi connectivity index (χ1) is 11.0. The van der Waals surface area contributed by atoms with Gasteiger partial charge in [-0.2, -0.15) is 0 Å².